The third kappa shape index (κ3) is 3.50. The molecule has 1 aromatic carbocycles. The van der Waals surface area contributed by atoms with Gasteiger partial charge in [-0.15, -0.1) is 0 Å². The van der Waals surface area contributed by atoms with E-state index in [0.29, 0.717) is 6.54 Å². The maximum Gasteiger partial charge on any atom is 0.290 e. The van der Waals surface area contributed by atoms with E-state index in [9.17, 15) is 9.59 Å². The average molecular weight is 339 g/mol. The Balaban J connectivity index is 1.80. The lowest BCUT2D eigenvalue weighted by molar-refractivity contribution is -0.140. The maximum atomic E-state index is 12.7. The van der Waals surface area contributed by atoms with E-state index in [1.165, 1.54) is 0 Å². The summed E-state index contributed by atoms with van der Waals surface area (Å²) in [5.41, 5.74) is 0.947. The molecule has 3 unspecified atom stereocenters. The minimum absolute atomic E-state index is 0.0600. The van der Waals surface area contributed by atoms with Crippen molar-refractivity contribution in [1.82, 2.24) is 14.5 Å². The highest BCUT2D eigenvalue weighted by Gasteiger charge is 2.49. The highest BCUT2D eigenvalue weighted by atomic mass is 16.2. The molecule has 3 atom stereocenters. The van der Waals surface area contributed by atoms with E-state index in [0.717, 1.165) is 24.9 Å². The fourth-order valence-corrected chi connectivity index (χ4v) is 3.72. The van der Waals surface area contributed by atoms with E-state index in [-0.39, 0.29) is 29.6 Å². The van der Waals surface area contributed by atoms with Gasteiger partial charge in [-0.1, -0.05) is 50.6 Å². The summed E-state index contributed by atoms with van der Waals surface area (Å²) in [5.74, 6) is -0.672. The van der Waals surface area contributed by atoms with Crippen LogP contribution in [0, 0.1) is 5.92 Å². The third-order valence-electron chi connectivity index (χ3n) is 5.22. The molecule has 0 aliphatic carbocycles. The van der Waals surface area contributed by atoms with E-state index in [1.807, 2.05) is 46.0 Å². The highest BCUT2D eigenvalue weighted by Crippen LogP contribution is 2.37. The molecule has 5 nitrogen and oxygen atoms in total. The molecule has 0 saturated carbocycles. The zero-order chi connectivity index (χ0) is 17.8. The summed E-state index contributed by atoms with van der Waals surface area (Å²) in [4.78, 5) is 31.2. The van der Waals surface area contributed by atoms with Crippen LogP contribution >= 0.6 is 0 Å². The van der Waals surface area contributed by atoms with Crippen LogP contribution in [0.1, 0.15) is 38.2 Å². The van der Waals surface area contributed by atoms with Crippen LogP contribution in [0.3, 0.4) is 0 Å². The van der Waals surface area contributed by atoms with Crippen LogP contribution in [0.2, 0.25) is 0 Å². The molecule has 1 amide bonds. The lowest BCUT2D eigenvalue weighted by Gasteiger charge is -2.32. The summed E-state index contributed by atoms with van der Waals surface area (Å²) in [6, 6.07) is 9.66. The Kier molecular flexibility index (Phi) is 5.31. The molecule has 1 aliphatic heterocycles. The smallest absolute Gasteiger partial charge is 0.290 e. The molecule has 1 aliphatic rings. The number of Topliss-reactive ketones (excluding diaryl/α,β-unsaturated/α-hetero) is 1. The van der Waals surface area contributed by atoms with Gasteiger partial charge in [0.05, 0.1) is 12.2 Å². The number of aromatic nitrogens is 2. The van der Waals surface area contributed by atoms with Crippen molar-refractivity contribution >= 4 is 11.7 Å². The molecular formula is C20H25N3O2. The molecule has 132 valence electrons. The van der Waals surface area contributed by atoms with Crippen LogP contribution in [0.4, 0.5) is 0 Å². The second-order valence-electron chi connectivity index (χ2n) is 6.78. The zero-order valence-corrected chi connectivity index (χ0v) is 14.8. The molecule has 0 bridgehead atoms. The SMILES string of the molecule is CCC(C)C1C(c2ccccc2)C(=O)C(=O)N1CCCn1ccnc1. The van der Waals surface area contributed by atoms with Gasteiger partial charge >= 0.3 is 0 Å². The van der Waals surface area contributed by atoms with Crippen molar-refractivity contribution in [2.24, 2.45) is 5.92 Å². The highest BCUT2D eigenvalue weighted by molar-refractivity contribution is 6.40. The van der Waals surface area contributed by atoms with E-state index in [2.05, 4.69) is 18.8 Å². The second-order valence-corrected chi connectivity index (χ2v) is 6.78. The minimum atomic E-state index is -0.350. The number of nitrogens with zero attached hydrogens (tertiary/aromatic N) is 3. The Morgan fingerprint density at radius 1 is 1.16 bits per heavy atom. The number of benzene rings is 1. The van der Waals surface area contributed by atoms with E-state index < -0.39 is 0 Å². The number of hydrogen-bond acceptors (Lipinski definition) is 3. The Hall–Kier alpha value is -2.43. The number of carbonyl (C=O) groups excluding carboxylic acids is 2. The number of aryl methyl sites for hydroxylation is 1. The molecule has 2 heterocycles. The topological polar surface area (TPSA) is 55.2 Å². The number of imidazole rings is 1. The summed E-state index contributed by atoms with van der Waals surface area (Å²) in [7, 11) is 0. The first kappa shape index (κ1) is 17.4. The predicted octanol–water partition coefficient (Wildman–Crippen LogP) is 2.88. The summed E-state index contributed by atoms with van der Waals surface area (Å²) in [5, 5.41) is 0. The number of hydrogen-bond donors (Lipinski definition) is 0. The largest absolute Gasteiger partial charge is 0.337 e. The van der Waals surface area contributed by atoms with Crippen LogP contribution in [-0.2, 0) is 16.1 Å². The Labute approximate surface area is 148 Å². The van der Waals surface area contributed by atoms with Crippen LogP contribution in [0.25, 0.3) is 0 Å². The molecule has 3 rings (SSSR count). The average Bonchev–Trinajstić information content (AvgIpc) is 3.24. The van der Waals surface area contributed by atoms with E-state index in [4.69, 9.17) is 0 Å². The number of rotatable bonds is 7. The molecular weight excluding hydrogens is 314 g/mol. The van der Waals surface area contributed by atoms with Gasteiger partial charge in [-0.3, -0.25) is 9.59 Å². The Morgan fingerprint density at radius 3 is 2.56 bits per heavy atom. The molecule has 2 aromatic rings. The van der Waals surface area contributed by atoms with E-state index in [1.54, 1.807) is 12.5 Å². The molecule has 1 saturated heterocycles. The van der Waals surface area contributed by atoms with Crippen LogP contribution in [-0.4, -0.2) is 38.7 Å². The van der Waals surface area contributed by atoms with Crippen LogP contribution < -0.4 is 0 Å². The van der Waals surface area contributed by atoms with Crippen molar-refractivity contribution in [3.05, 3.63) is 54.6 Å². The van der Waals surface area contributed by atoms with Crippen LogP contribution in [0.5, 0.6) is 0 Å². The van der Waals surface area contributed by atoms with Crippen molar-refractivity contribution in [3.8, 4) is 0 Å². The summed E-state index contributed by atoms with van der Waals surface area (Å²) in [6.45, 7) is 5.64. The van der Waals surface area contributed by atoms with Crippen molar-refractivity contribution in [3.63, 3.8) is 0 Å². The molecule has 0 N–H and O–H groups in total. The van der Waals surface area contributed by atoms with Crippen molar-refractivity contribution in [2.75, 3.05) is 6.54 Å². The van der Waals surface area contributed by atoms with Gasteiger partial charge in [0.1, 0.15) is 0 Å². The third-order valence-corrected chi connectivity index (χ3v) is 5.22. The van der Waals surface area contributed by atoms with Gasteiger partial charge in [0.2, 0.25) is 5.78 Å². The standard InChI is InChI=1S/C20H25N3O2/c1-3-15(2)18-17(16-8-5-4-6-9-16)19(24)20(25)23(18)12-7-11-22-13-10-21-14-22/h4-6,8-10,13-15,17-18H,3,7,11-12H2,1-2H3. The van der Waals surface area contributed by atoms with Gasteiger partial charge in [0.25, 0.3) is 5.91 Å². The van der Waals surface area contributed by atoms with Crippen molar-refractivity contribution < 1.29 is 9.59 Å². The fraction of sp³-hybridized carbons (Fsp3) is 0.450. The first-order chi connectivity index (χ1) is 12.1. The quantitative estimate of drug-likeness (QED) is 0.729. The van der Waals surface area contributed by atoms with Gasteiger partial charge in [0, 0.05) is 31.5 Å². The van der Waals surface area contributed by atoms with Gasteiger partial charge in [-0.05, 0) is 17.9 Å². The molecule has 5 heteroatoms. The normalized spacial score (nSPS) is 21.8. The molecule has 1 aromatic heterocycles. The maximum absolute atomic E-state index is 12.7. The van der Waals surface area contributed by atoms with Gasteiger partial charge < -0.3 is 9.47 Å². The minimum Gasteiger partial charge on any atom is -0.337 e. The first-order valence-corrected chi connectivity index (χ1v) is 8.99. The second kappa shape index (κ2) is 7.64. The summed E-state index contributed by atoms with van der Waals surface area (Å²) >= 11 is 0. The van der Waals surface area contributed by atoms with Crippen LogP contribution in [0.15, 0.2) is 49.1 Å². The van der Waals surface area contributed by atoms with Crippen molar-refractivity contribution in [2.45, 2.75) is 45.2 Å². The lowest BCUT2D eigenvalue weighted by atomic mass is 9.83. The summed E-state index contributed by atoms with van der Waals surface area (Å²) in [6.07, 6.45) is 7.18. The van der Waals surface area contributed by atoms with E-state index >= 15 is 0 Å². The van der Waals surface area contributed by atoms with Crippen molar-refractivity contribution in [1.29, 1.82) is 0 Å². The lowest BCUT2D eigenvalue weighted by Crippen LogP contribution is -2.40. The number of carbonyl (C=O) groups is 2. The first-order valence-electron chi connectivity index (χ1n) is 8.99. The molecule has 1 fully saturated rings. The molecule has 0 spiro atoms. The Bertz CT molecular complexity index is 712. The molecule has 25 heavy (non-hydrogen) atoms. The Morgan fingerprint density at radius 2 is 1.92 bits per heavy atom. The predicted molar refractivity (Wildman–Crippen MR) is 96.0 cm³/mol. The van der Waals surface area contributed by atoms with Gasteiger partial charge in [-0.2, -0.15) is 0 Å². The van der Waals surface area contributed by atoms with Gasteiger partial charge in [0.15, 0.2) is 0 Å². The number of likely N-dealkylation sites (tertiary alicyclic amines) is 1. The molecule has 0 radical (unpaired) electrons. The fourth-order valence-electron chi connectivity index (χ4n) is 3.72. The summed E-state index contributed by atoms with van der Waals surface area (Å²) < 4.78 is 2.00. The van der Waals surface area contributed by atoms with Gasteiger partial charge in [-0.25, -0.2) is 4.98 Å². The number of amides is 1. The number of ketones is 1. The zero-order valence-electron chi connectivity index (χ0n) is 14.8. The monoisotopic (exact) mass is 339 g/mol.